The van der Waals surface area contributed by atoms with Gasteiger partial charge in [-0.25, -0.2) is 8.78 Å². The van der Waals surface area contributed by atoms with E-state index in [1.165, 1.54) is 12.1 Å². The molecule has 0 heterocycles. The highest BCUT2D eigenvalue weighted by Crippen LogP contribution is 2.26. The van der Waals surface area contributed by atoms with Gasteiger partial charge < -0.3 is 5.32 Å². The van der Waals surface area contributed by atoms with Crippen LogP contribution in [0.3, 0.4) is 0 Å². The minimum atomic E-state index is -0.489. The van der Waals surface area contributed by atoms with Gasteiger partial charge >= 0.3 is 0 Å². The molecular weight excluding hydrogens is 268 g/mol. The van der Waals surface area contributed by atoms with Crippen LogP contribution in [0.25, 0.3) is 0 Å². The topological polar surface area (TPSA) is 12.0 Å². The number of halogens is 2. The monoisotopic (exact) mass is 289 g/mol. The quantitative estimate of drug-likeness (QED) is 0.856. The molecule has 1 nitrogen and oxygen atoms in total. The molecule has 0 spiro atoms. The van der Waals surface area contributed by atoms with Crippen LogP contribution in [0.15, 0.2) is 36.4 Å². The van der Waals surface area contributed by atoms with Crippen molar-refractivity contribution in [3.05, 3.63) is 70.3 Å². The van der Waals surface area contributed by atoms with Crippen molar-refractivity contribution in [3.8, 4) is 0 Å². The lowest BCUT2D eigenvalue weighted by Crippen LogP contribution is -2.25. The standard InChI is InChI=1S/C18H21F2N/c1-4-21-16(11-14-7-5-6-12(2)10-14)17-15(19)9-8-13(3)18(17)20/h5-10,16,21H,4,11H2,1-3H3. The summed E-state index contributed by atoms with van der Waals surface area (Å²) in [6.45, 7) is 6.27. The average Bonchev–Trinajstić information content (AvgIpc) is 2.44. The Labute approximate surface area is 125 Å². The summed E-state index contributed by atoms with van der Waals surface area (Å²) in [5.74, 6) is -0.940. The number of nitrogens with one attached hydrogen (secondary N) is 1. The lowest BCUT2D eigenvalue weighted by Gasteiger charge is -2.21. The van der Waals surface area contributed by atoms with Crippen LogP contribution >= 0.6 is 0 Å². The Morgan fingerprint density at radius 3 is 2.52 bits per heavy atom. The zero-order valence-electron chi connectivity index (χ0n) is 12.7. The predicted octanol–water partition coefficient (Wildman–Crippen LogP) is 4.47. The van der Waals surface area contributed by atoms with Gasteiger partial charge in [-0.05, 0) is 44.0 Å². The predicted molar refractivity (Wildman–Crippen MR) is 82.4 cm³/mol. The molecule has 0 aliphatic carbocycles. The first-order valence-corrected chi connectivity index (χ1v) is 7.26. The van der Waals surface area contributed by atoms with Crippen LogP contribution in [-0.4, -0.2) is 6.54 Å². The van der Waals surface area contributed by atoms with Crippen LogP contribution in [0, 0.1) is 25.5 Å². The van der Waals surface area contributed by atoms with E-state index < -0.39 is 11.6 Å². The molecule has 0 aliphatic rings. The molecule has 0 saturated heterocycles. The third-order valence-corrected chi connectivity index (χ3v) is 3.64. The smallest absolute Gasteiger partial charge is 0.133 e. The van der Waals surface area contributed by atoms with Crippen molar-refractivity contribution in [2.75, 3.05) is 6.54 Å². The zero-order chi connectivity index (χ0) is 15.4. The summed E-state index contributed by atoms with van der Waals surface area (Å²) >= 11 is 0. The van der Waals surface area contributed by atoms with Crippen molar-refractivity contribution >= 4 is 0 Å². The maximum absolute atomic E-state index is 14.3. The highest BCUT2D eigenvalue weighted by atomic mass is 19.1. The molecule has 1 unspecified atom stereocenters. The van der Waals surface area contributed by atoms with Crippen LogP contribution in [0.4, 0.5) is 8.78 Å². The highest BCUT2D eigenvalue weighted by Gasteiger charge is 2.21. The second-order valence-corrected chi connectivity index (χ2v) is 5.40. The number of benzene rings is 2. The number of hydrogen-bond acceptors (Lipinski definition) is 1. The summed E-state index contributed by atoms with van der Waals surface area (Å²) in [5.41, 5.74) is 2.83. The molecule has 112 valence electrons. The summed E-state index contributed by atoms with van der Waals surface area (Å²) < 4.78 is 28.4. The van der Waals surface area contributed by atoms with Gasteiger partial charge in [0.05, 0.1) is 0 Å². The van der Waals surface area contributed by atoms with Gasteiger partial charge in [-0.15, -0.1) is 0 Å². The second kappa shape index (κ2) is 6.81. The van der Waals surface area contributed by atoms with Crippen LogP contribution in [0.2, 0.25) is 0 Å². The maximum atomic E-state index is 14.3. The van der Waals surface area contributed by atoms with E-state index in [0.29, 0.717) is 18.5 Å². The van der Waals surface area contributed by atoms with Crippen LogP contribution in [0.1, 0.15) is 35.2 Å². The molecule has 1 N–H and O–H groups in total. The third-order valence-electron chi connectivity index (χ3n) is 3.64. The van der Waals surface area contributed by atoms with Gasteiger partial charge in [-0.1, -0.05) is 42.8 Å². The Morgan fingerprint density at radius 1 is 1.10 bits per heavy atom. The summed E-state index contributed by atoms with van der Waals surface area (Å²) in [6, 6.07) is 10.5. The van der Waals surface area contributed by atoms with Gasteiger partial charge in [0, 0.05) is 11.6 Å². The number of hydrogen-bond donors (Lipinski definition) is 1. The second-order valence-electron chi connectivity index (χ2n) is 5.40. The fourth-order valence-corrected chi connectivity index (χ4v) is 2.60. The Hall–Kier alpha value is -1.74. The first kappa shape index (κ1) is 15.6. The lowest BCUT2D eigenvalue weighted by atomic mass is 9.95. The van der Waals surface area contributed by atoms with Crippen LogP contribution in [0.5, 0.6) is 0 Å². The minimum absolute atomic E-state index is 0.137. The summed E-state index contributed by atoms with van der Waals surface area (Å²) in [7, 11) is 0. The van der Waals surface area contributed by atoms with Crippen molar-refractivity contribution in [2.24, 2.45) is 0 Å². The molecule has 2 rings (SSSR count). The molecule has 0 bridgehead atoms. The van der Waals surface area contributed by atoms with Crippen molar-refractivity contribution in [1.82, 2.24) is 5.32 Å². The van der Waals surface area contributed by atoms with E-state index in [2.05, 4.69) is 11.4 Å². The normalized spacial score (nSPS) is 12.4. The minimum Gasteiger partial charge on any atom is -0.310 e. The average molecular weight is 289 g/mol. The molecule has 0 aliphatic heterocycles. The van der Waals surface area contributed by atoms with Gasteiger partial charge in [0.2, 0.25) is 0 Å². The van der Waals surface area contributed by atoms with Crippen molar-refractivity contribution in [3.63, 3.8) is 0 Å². The first-order valence-electron chi connectivity index (χ1n) is 7.26. The van der Waals surface area contributed by atoms with Crippen molar-refractivity contribution in [2.45, 2.75) is 33.2 Å². The van der Waals surface area contributed by atoms with E-state index >= 15 is 0 Å². The van der Waals surface area contributed by atoms with Gasteiger partial charge in [0.1, 0.15) is 11.6 Å². The van der Waals surface area contributed by atoms with Gasteiger partial charge in [-0.3, -0.25) is 0 Å². The molecule has 21 heavy (non-hydrogen) atoms. The molecule has 0 amide bonds. The first-order chi connectivity index (χ1) is 10.0. The zero-order valence-corrected chi connectivity index (χ0v) is 12.7. The summed E-state index contributed by atoms with van der Waals surface area (Å²) in [4.78, 5) is 0. The highest BCUT2D eigenvalue weighted by molar-refractivity contribution is 5.32. The molecule has 0 aromatic heterocycles. The Balaban J connectivity index is 2.38. The molecular formula is C18H21F2N. The molecule has 2 aromatic rings. The fraction of sp³-hybridized carbons (Fsp3) is 0.333. The van der Waals surface area contributed by atoms with E-state index in [4.69, 9.17) is 0 Å². The van der Waals surface area contributed by atoms with Gasteiger partial charge in [0.15, 0.2) is 0 Å². The summed E-state index contributed by atoms with van der Waals surface area (Å²) in [6.07, 6.45) is 0.562. The SMILES string of the molecule is CCNC(Cc1cccc(C)c1)c1c(F)ccc(C)c1F. The largest absolute Gasteiger partial charge is 0.310 e. The van der Waals surface area contributed by atoms with Crippen LogP contribution < -0.4 is 5.32 Å². The van der Waals surface area contributed by atoms with E-state index in [9.17, 15) is 8.78 Å². The Morgan fingerprint density at radius 2 is 1.86 bits per heavy atom. The van der Waals surface area contributed by atoms with E-state index in [1.54, 1.807) is 6.92 Å². The molecule has 3 heteroatoms. The molecule has 0 fully saturated rings. The van der Waals surface area contributed by atoms with Crippen molar-refractivity contribution < 1.29 is 8.78 Å². The van der Waals surface area contributed by atoms with E-state index in [1.807, 2.05) is 32.0 Å². The Kier molecular flexibility index (Phi) is 5.07. The van der Waals surface area contributed by atoms with E-state index in [-0.39, 0.29) is 11.6 Å². The number of aryl methyl sites for hydroxylation is 2. The number of rotatable bonds is 5. The summed E-state index contributed by atoms with van der Waals surface area (Å²) in [5, 5.41) is 3.20. The lowest BCUT2D eigenvalue weighted by molar-refractivity contribution is 0.470. The molecule has 1 atom stereocenters. The van der Waals surface area contributed by atoms with Crippen LogP contribution in [-0.2, 0) is 6.42 Å². The molecule has 0 radical (unpaired) electrons. The van der Waals surface area contributed by atoms with Gasteiger partial charge in [-0.2, -0.15) is 0 Å². The fourth-order valence-electron chi connectivity index (χ4n) is 2.60. The Bertz CT molecular complexity index is 623. The van der Waals surface area contributed by atoms with Gasteiger partial charge in [0.25, 0.3) is 0 Å². The number of likely N-dealkylation sites (N-methyl/N-ethyl adjacent to an activating group) is 1. The third kappa shape index (κ3) is 3.67. The maximum Gasteiger partial charge on any atom is 0.133 e. The molecule has 2 aromatic carbocycles. The molecule has 0 saturated carbocycles. The van der Waals surface area contributed by atoms with Crippen molar-refractivity contribution in [1.29, 1.82) is 0 Å². The van der Waals surface area contributed by atoms with E-state index in [0.717, 1.165) is 11.1 Å².